The second-order valence-electron chi connectivity index (χ2n) is 4.35. The van der Waals surface area contributed by atoms with Crippen molar-refractivity contribution < 1.29 is 5.11 Å². The zero-order valence-electron chi connectivity index (χ0n) is 10.1. The monoisotopic (exact) mass is 245 g/mol. The smallest absolute Gasteiger partial charge is 0.0817 e. The average Bonchev–Trinajstić information content (AvgIpc) is 2.53. The molecule has 0 bridgehead atoms. The second kappa shape index (κ2) is 6.23. The van der Waals surface area contributed by atoms with Gasteiger partial charge in [0.05, 0.1) is 29.6 Å². The van der Waals surface area contributed by atoms with Gasteiger partial charge in [0.15, 0.2) is 0 Å². The largest absolute Gasteiger partial charge is 0.393 e. The molecule has 1 N–H and O–H groups in total. The van der Waals surface area contributed by atoms with Crippen LogP contribution in [0.3, 0.4) is 0 Å². The summed E-state index contributed by atoms with van der Waals surface area (Å²) in [4.78, 5) is 2.11. The number of hydrogen-bond acceptors (Lipinski definition) is 3. The Hall–Kier alpha value is -0.580. The molecule has 1 rings (SSSR count). The van der Waals surface area contributed by atoms with E-state index in [0.717, 1.165) is 25.2 Å². The second-order valence-corrected chi connectivity index (χ2v) is 4.76. The van der Waals surface area contributed by atoms with E-state index >= 15 is 0 Å². The van der Waals surface area contributed by atoms with Crippen LogP contribution in [-0.2, 0) is 13.0 Å². The molecule has 0 saturated carbocycles. The maximum atomic E-state index is 9.27. The van der Waals surface area contributed by atoms with Crippen molar-refractivity contribution in [2.75, 3.05) is 20.6 Å². The Morgan fingerprint density at radius 3 is 2.81 bits per heavy atom. The number of hydrogen-bond donors (Lipinski definition) is 1. The van der Waals surface area contributed by atoms with Gasteiger partial charge in [0, 0.05) is 6.54 Å². The maximum Gasteiger partial charge on any atom is 0.0817 e. The van der Waals surface area contributed by atoms with Gasteiger partial charge >= 0.3 is 0 Å². The van der Waals surface area contributed by atoms with Crippen molar-refractivity contribution >= 4 is 11.6 Å². The third-order valence-corrected chi connectivity index (χ3v) is 2.77. The summed E-state index contributed by atoms with van der Waals surface area (Å²) in [6.07, 6.45) is 2.86. The van der Waals surface area contributed by atoms with E-state index in [0.29, 0.717) is 11.4 Å². The minimum atomic E-state index is -0.298. The van der Waals surface area contributed by atoms with Gasteiger partial charge in [0.1, 0.15) is 0 Å². The van der Waals surface area contributed by atoms with Crippen molar-refractivity contribution in [2.24, 2.45) is 0 Å². The number of aromatic nitrogens is 2. The molecular weight excluding hydrogens is 226 g/mol. The summed E-state index contributed by atoms with van der Waals surface area (Å²) in [6.45, 7) is 3.54. The highest BCUT2D eigenvalue weighted by Gasteiger charge is 2.10. The fourth-order valence-corrected chi connectivity index (χ4v) is 1.71. The molecule has 92 valence electrons. The van der Waals surface area contributed by atoms with E-state index in [1.165, 1.54) is 0 Å². The van der Waals surface area contributed by atoms with Gasteiger partial charge in [-0.15, -0.1) is 0 Å². The Labute approximate surface area is 102 Å². The molecule has 1 heterocycles. The lowest BCUT2D eigenvalue weighted by atomic mass is 10.2. The molecule has 0 radical (unpaired) electrons. The van der Waals surface area contributed by atoms with Crippen LogP contribution in [0, 0.1) is 0 Å². The summed E-state index contributed by atoms with van der Waals surface area (Å²) in [5.74, 6) is 0. The summed E-state index contributed by atoms with van der Waals surface area (Å²) in [7, 11) is 4.06. The van der Waals surface area contributed by atoms with E-state index in [1.54, 1.807) is 13.1 Å². The molecule has 0 spiro atoms. The highest BCUT2D eigenvalue weighted by molar-refractivity contribution is 6.31. The van der Waals surface area contributed by atoms with Gasteiger partial charge in [-0.05, 0) is 33.9 Å². The first-order valence-corrected chi connectivity index (χ1v) is 5.91. The van der Waals surface area contributed by atoms with E-state index in [-0.39, 0.29) is 6.10 Å². The van der Waals surface area contributed by atoms with Crippen molar-refractivity contribution in [1.29, 1.82) is 0 Å². The predicted octanol–water partition coefficient (Wildman–Crippen LogP) is 1.41. The van der Waals surface area contributed by atoms with Crippen LogP contribution >= 0.6 is 11.6 Å². The first-order valence-electron chi connectivity index (χ1n) is 5.53. The number of aliphatic hydroxyl groups excluding tert-OH is 1. The molecule has 0 saturated heterocycles. The molecule has 1 unspecified atom stereocenters. The molecule has 16 heavy (non-hydrogen) atoms. The normalized spacial score (nSPS) is 13.4. The van der Waals surface area contributed by atoms with Gasteiger partial charge < -0.3 is 10.0 Å². The van der Waals surface area contributed by atoms with Crippen LogP contribution < -0.4 is 0 Å². The number of halogens is 1. The van der Waals surface area contributed by atoms with Crippen molar-refractivity contribution in [2.45, 2.75) is 32.4 Å². The van der Waals surface area contributed by atoms with Gasteiger partial charge in [0.25, 0.3) is 0 Å². The van der Waals surface area contributed by atoms with Gasteiger partial charge in [-0.2, -0.15) is 5.10 Å². The minimum absolute atomic E-state index is 0.298. The van der Waals surface area contributed by atoms with Crippen molar-refractivity contribution in [3.05, 3.63) is 16.9 Å². The SMILES string of the molecule is CC(O)CCc1c(Cl)cnn1CCN(C)C. The molecular formula is C11H20ClN3O. The molecule has 0 aromatic carbocycles. The van der Waals surface area contributed by atoms with E-state index in [4.69, 9.17) is 11.6 Å². The average molecular weight is 246 g/mol. The highest BCUT2D eigenvalue weighted by Crippen LogP contribution is 2.17. The summed E-state index contributed by atoms with van der Waals surface area (Å²) >= 11 is 6.07. The fraction of sp³-hybridized carbons (Fsp3) is 0.727. The lowest BCUT2D eigenvalue weighted by Crippen LogP contribution is -2.20. The molecule has 0 fully saturated rings. The zero-order chi connectivity index (χ0) is 12.1. The van der Waals surface area contributed by atoms with E-state index < -0.39 is 0 Å². The summed E-state index contributed by atoms with van der Waals surface area (Å²) in [5.41, 5.74) is 1.02. The zero-order valence-corrected chi connectivity index (χ0v) is 10.9. The molecule has 4 nitrogen and oxygen atoms in total. The third kappa shape index (κ3) is 4.12. The van der Waals surface area contributed by atoms with Crippen LogP contribution in [0.1, 0.15) is 19.0 Å². The molecule has 0 aliphatic carbocycles. The Morgan fingerprint density at radius 2 is 2.25 bits per heavy atom. The molecule has 0 aliphatic rings. The van der Waals surface area contributed by atoms with Crippen LogP contribution in [0.15, 0.2) is 6.20 Å². The maximum absolute atomic E-state index is 9.27. The lowest BCUT2D eigenvalue weighted by molar-refractivity contribution is 0.184. The van der Waals surface area contributed by atoms with Crippen molar-refractivity contribution in [3.63, 3.8) is 0 Å². The highest BCUT2D eigenvalue weighted by atomic mass is 35.5. The number of likely N-dealkylation sites (N-methyl/N-ethyl adjacent to an activating group) is 1. The van der Waals surface area contributed by atoms with Gasteiger partial charge in [-0.1, -0.05) is 11.6 Å². The van der Waals surface area contributed by atoms with Crippen LogP contribution in [-0.4, -0.2) is 46.5 Å². The fourth-order valence-electron chi connectivity index (χ4n) is 1.47. The quantitative estimate of drug-likeness (QED) is 0.824. The van der Waals surface area contributed by atoms with Crippen LogP contribution in [0.2, 0.25) is 5.02 Å². The summed E-state index contributed by atoms with van der Waals surface area (Å²) < 4.78 is 1.92. The summed E-state index contributed by atoms with van der Waals surface area (Å²) in [6, 6.07) is 0. The number of rotatable bonds is 6. The minimum Gasteiger partial charge on any atom is -0.393 e. The first kappa shape index (κ1) is 13.5. The van der Waals surface area contributed by atoms with Crippen LogP contribution in [0.4, 0.5) is 0 Å². The van der Waals surface area contributed by atoms with Crippen LogP contribution in [0.25, 0.3) is 0 Å². The summed E-state index contributed by atoms with van der Waals surface area (Å²) in [5, 5.41) is 14.2. The lowest BCUT2D eigenvalue weighted by Gasteiger charge is -2.12. The Kier molecular flexibility index (Phi) is 5.25. The van der Waals surface area contributed by atoms with Gasteiger partial charge in [-0.3, -0.25) is 4.68 Å². The molecule has 1 aromatic heterocycles. The van der Waals surface area contributed by atoms with Crippen LogP contribution in [0.5, 0.6) is 0 Å². The molecule has 1 aromatic rings. The molecule has 1 atom stereocenters. The van der Waals surface area contributed by atoms with E-state index in [2.05, 4.69) is 10.00 Å². The Balaban J connectivity index is 2.62. The Morgan fingerprint density at radius 1 is 1.56 bits per heavy atom. The van der Waals surface area contributed by atoms with Gasteiger partial charge in [0.2, 0.25) is 0 Å². The van der Waals surface area contributed by atoms with E-state index in [1.807, 2.05) is 18.8 Å². The van der Waals surface area contributed by atoms with Gasteiger partial charge in [-0.25, -0.2) is 0 Å². The molecule has 0 amide bonds. The number of nitrogens with zero attached hydrogens (tertiary/aromatic N) is 3. The van der Waals surface area contributed by atoms with E-state index in [9.17, 15) is 5.11 Å². The van der Waals surface area contributed by atoms with Crippen molar-refractivity contribution in [1.82, 2.24) is 14.7 Å². The predicted molar refractivity (Wildman–Crippen MR) is 65.8 cm³/mol. The topological polar surface area (TPSA) is 41.3 Å². The molecule has 0 aliphatic heterocycles. The molecule has 5 heteroatoms. The Bertz CT molecular complexity index is 323. The first-order chi connectivity index (χ1) is 7.50. The standard InChI is InChI=1S/C11H20ClN3O/c1-9(16)4-5-11-10(12)8-13-15(11)7-6-14(2)3/h8-9,16H,4-7H2,1-3H3. The number of aliphatic hydroxyl groups is 1. The third-order valence-electron chi connectivity index (χ3n) is 2.46. The van der Waals surface area contributed by atoms with Crippen molar-refractivity contribution in [3.8, 4) is 0 Å².